The molecule has 2 heterocycles. The monoisotopic (exact) mass is 244 g/mol. The Balaban J connectivity index is 2.41. The highest BCUT2D eigenvalue weighted by molar-refractivity contribution is 5.27. The van der Waals surface area contributed by atoms with Crippen molar-refractivity contribution in [3.63, 3.8) is 0 Å². The van der Waals surface area contributed by atoms with E-state index in [0.29, 0.717) is 0 Å². The number of hydrogen-bond acceptors (Lipinski definition) is 3. The van der Waals surface area contributed by atoms with Gasteiger partial charge in [0.1, 0.15) is 0 Å². The highest BCUT2D eigenvalue weighted by Crippen LogP contribution is 2.22. The largest absolute Gasteiger partial charge is 0.308 e. The Bertz CT molecular complexity index is 513. The predicted octanol–water partition coefficient (Wildman–Crippen LogP) is 2.22. The minimum atomic E-state index is 0.138. The van der Waals surface area contributed by atoms with Gasteiger partial charge in [-0.3, -0.25) is 9.67 Å². The second kappa shape index (κ2) is 5.31. The standard InChI is InChI=1S/C14H20N4/c1-5-18-13(8-11(3)17-18)14(15-4)12-7-6-10(2)16-9-12/h6-9,14-15H,5H2,1-4H3. The van der Waals surface area contributed by atoms with Crippen LogP contribution in [0.25, 0.3) is 0 Å². The molecule has 0 aromatic carbocycles. The van der Waals surface area contributed by atoms with E-state index in [4.69, 9.17) is 0 Å². The first-order valence-electron chi connectivity index (χ1n) is 6.30. The van der Waals surface area contributed by atoms with E-state index in [1.54, 1.807) is 0 Å². The van der Waals surface area contributed by atoms with Gasteiger partial charge in [-0.05, 0) is 45.5 Å². The Kier molecular flexibility index (Phi) is 3.77. The number of aromatic nitrogens is 3. The molecule has 0 aliphatic rings. The zero-order valence-corrected chi connectivity index (χ0v) is 11.4. The number of pyridine rings is 1. The molecular weight excluding hydrogens is 224 g/mol. The van der Waals surface area contributed by atoms with E-state index < -0.39 is 0 Å². The van der Waals surface area contributed by atoms with Crippen LogP contribution in [0.5, 0.6) is 0 Å². The summed E-state index contributed by atoms with van der Waals surface area (Å²) >= 11 is 0. The Labute approximate surface area is 108 Å². The fourth-order valence-electron chi connectivity index (χ4n) is 2.19. The van der Waals surface area contributed by atoms with Gasteiger partial charge in [-0.25, -0.2) is 0 Å². The summed E-state index contributed by atoms with van der Waals surface area (Å²) in [4.78, 5) is 4.37. The maximum Gasteiger partial charge on any atom is 0.0760 e. The van der Waals surface area contributed by atoms with Crippen molar-refractivity contribution in [2.75, 3.05) is 7.05 Å². The molecule has 0 bridgehead atoms. The number of hydrogen-bond donors (Lipinski definition) is 1. The molecule has 1 atom stereocenters. The second-order valence-corrected chi connectivity index (χ2v) is 4.48. The first kappa shape index (κ1) is 12.8. The minimum absolute atomic E-state index is 0.138. The molecule has 0 radical (unpaired) electrons. The molecule has 2 aromatic heterocycles. The Morgan fingerprint density at radius 1 is 1.28 bits per heavy atom. The zero-order valence-electron chi connectivity index (χ0n) is 11.4. The van der Waals surface area contributed by atoms with Crippen LogP contribution in [0.1, 0.15) is 35.6 Å². The lowest BCUT2D eigenvalue weighted by molar-refractivity contribution is 0.560. The molecule has 2 rings (SSSR count). The Hall–Kier alpha value is -1.68. The summed E-state index contributed by atoms with van der Waals surface area (Å²) in [5.41, 5.74) is 4.43. The zero-order chi connectivity index (χ0) is 13.1. The third-order valence-electron chi connectivity index (χ3n) is 3.08. The fraction of sp³-hybridized carbons (Fsp3) is 0.429. The van der Waals surface area contributed by atoms with Crippen LogP contribution in [0.2, 0.25) is 0 Å². The molecule has 0 saturated carbocycles. The molecule has 4 heteroatoms. The summed E-state index contributed by atoms with van der Waals surface area (Å²) in [6.07, 6.45) is 1.93. The predicted molar refractivity (Wildman–Crippen MR) is 72.5 cm³/mol. The van der Waals surface area contributed by atoms with Crippen LogP contribution in [-0.4, -0.2) is 21.8 Å². The van der Waals surface area contributed by atoms with E-state index in [-0.39, 0.29) is 6.04 Å². The van der Waals surface area contributed by atoms with Crippen LogP contribution >= 0.6 is 0 Å². The van der Waals surface area contributed by atoms with Gasteiger partial charge in [0.2, 0.25) is 0 Å². The van der Waals surface area contributed by atoms with Crippen molar-refractivity contribution in [3.8, 4) is 0 Å². The number of nitrogens with zero attached hydrogens (tertiary/aromatic N) is 3. The van der Waals surface area contributed by atoms with E-state index in [1.165, 1.54) is 5.69 Å². The van der Waals surface area contributed by atoms with Crippen molar-refractivity contribution in [2.45, 2.75) is 33.4 Å². The highest BCUT2D eigenvalue weighted by atomic mass is 15.3. The van der Waals surface area contributed by atoms with Crippen molar-refractivity contribution in [2.24, 2.45) is 0 Å². The van der Waals surface area contributed by atoms with E-state index in [9.17, 15) is 0 Å². The fourth-order valence-corrected chi connectivity index (χ4v) is 2.19. The normalized spacial score (nSPS) is 12.7. The maximum absolute atomic E-state index is 4.50. The van der Waals surface area contributed by atoms with Gasteiger partial charge in [0, 0.05) is 18.4 Å². The van der Waals surface area contributed by atoms with Crippen molar-refractivity contribution < 1.29 is 0 Å². The summed E-state index contributed by atoms with van der Waals surface area (Å²) in [5, 5.41) is 7.84. The maximum atomic E-state index is 4.50. The second-order valence-electron chi connectivity index (χ2n) is 4.48. The minimum Gasteiger partial charge on any atom is -0.308 e. The van der Waals surface area contributed by atoms with Gasteiger partial charge in [-0.15, -0.1) is 0 Å². The summed E-state index contributed by atoms with van der Waals surface area (Å²) in [7, 11) is 1.97. The van der Waals surface area contributed by atoms with Crippen molar-refractivity contribution in [3.05, 3.63) is 47.0 Å². The average Bonchev–Trinajstić information content (AvgIpc) is 2.74. The molecule has 96 valence electrons. The molecule has 0 fully saturated rings. The Morgan fingerprint density at radius 2 is 2.06 bits per heavy atom. The lowest BCUT2D eigenvalue weighted by Gasteiger charge is -2.17. The van der Waals surface area contributed by atoms with Crippen LogP contribution in [0.15, 0.2) is 24.4 Å². The molecule has 0 aliphatic carbocycles. The van der Waals surface area contributed by atoms with Gasteiger partial charge < -0.3 is 5.32 Å². The van der Waals surface area contributed by atoms with Gasteiger partial charge in [-0.2, -0.15) is 5.10 Å². The van der Waals surface area contributed by atoms with E-state index in [1.807, 2.05) is 37.8 Å². The van der Waals surface area contributed by atoms with Gasteiger partial charge in [-0.1, -0.05) is 6.07 Å². The number of aryl methyl sites for hydroxylation is 3. The van der Waals surface area contributed by atoms with Crippen molar-refractivity contribution in [1.29, 1.82) is 0 Å². The van der Waals surface area contributed by atoms with Crippen LogP contribution in [0, 0.1) is 13.8 Å². The average molecular weight is 244 g/mol. The summed E-state index contributed by atoms with van der Waals surface area (Å²) in [6, 6.07) is 6.43. The SMILES string of the molecule is CCn1nc(C)cc1C(NC)c1ccc(C)nc1. The van der Waals surface area contributed by atoms with Crippen molar-refractivity contribution in [1.82, 2.24) is 20.1 Å². The van der Waals surface area contributed by atoms with Gasteiger partial charge in [0.05, 0.1) is 17.4 Å². The van der Waals surface area contributed by atoms with Crippen LogP contribution < -0.4 is 5.32 Å². The van der Waals surface area contributed by atoms with Gasteiger partial charge >= 0.3 is 0 Å². The molecule has 1 unspecified atom stereocenters. The molecule has 2 aromatic rings. The summed E-state index contributed by atoms with van der Waals surface area (Å²) in [6.45, 7) is 7.01. The van der Waals surface area contributed by atoms with Gasteiger partial charge in [0.15, 0.2) is 0 Å². The molecule has 0 aliphatic heterocycles. The molecule has 1 N–H and O–H groups in total. The summed E-state index contributed by atoms with van der Waals surface area (Å²) in [5.74, 6) is 0. The number of nitrogens with one attached hydrogen (secondary N) is 1. The van der Waals surface area contributed by atoms with E-state index >= 15 is 0 Å². The van der Waals surface area contributed by atoms with Crippen molar-refractivity contribution >= 4 is 0 Å². The molecule has 0 saturated heterocycles. The molecule has 0 spiro atoms. The van der Waals surface area contributed by atoms with Gasteiger partial charge in [0.25, 0.3) is 0 Å². The smallest absolute Gasteiger partial charge is 0.0760 e. The third kappa shape index (κ3) is 2.43. The molecule has 0 amide bonds. The van der Waals surface area contributed by atoms with E-state index in [2.05, 4.69) is 34.5 Å². The molecule has 4 nitrogen and oxygen atoms in total. The number of rotatable bonds is 4. The molecule has 18 heavy (non-hydrogen) atoms. The van der Waals surface area contributed by atoms with E-state index in [0.717, 1.165) is 23.5 Å². The van der Waals surface area contributed by atoms with Crippen LogP contribution in [-0.2, 0) is 6.54 Å². The first-order chi connectivity index (χ1) is 8.65. The quantitative estimate of drug-likeness (QED) is 0.896. The lowest BCUT2D eigenvalue weighted by Crippen LogP contribution is -2.21. The third-order valence-corrected chi connectivity index (χ3v) is 3.08. The molecular formula is C14H20N4. The first-order valence-corrected chi connectivity index (χ1v) is 6.30. The lowest BCUT2D eigenvalue weighted by atomic mass is 10.1. The summed E-state index contributed by atoms with van der Waals surface area (Å²) < 4.78 is 2.04. The topological polar surface area (TPSA) is 42.7 Å². The highest BCUT2D eigenvalue weighted by Gasteiger charge is 2.17. The van der Waals surface area contributed by atoms with Crippen LogP contribution in [0.3, 0.4) is 0 Å². The van der Waals surface area contributed by atoms with Crippen LogP contribution in [0.4, 0.5) is 0 Å². The Morgan fingerprint density at radius 3 is 2.61 bits per heavy atom.